The number of rotatable bonds is 10. The fourth-order valence-corrected chi connectivity index (χ4v) is 3.21. The molecule has 2 amide bonds. The molecule has 0 aliphatic carbocycles. The van der Waals surface area contributed by atoms with Crippen LogP contribution in [0.2, 0.25) is 0 Å². The highest BCUT2D eigenvalue weighted by Crippen LogP contribution is 2.16. The zero-order valence-electron chi connectivity index (χ0n) is 17.3. The Hall–Kier alpha value is -1.99. The summed E-state index contributed by atoms with van der Waals surface area (Å²) in [5, 5.41) is 5.92. The Morgan fingerprint density at radius 3 is 2.46 bits per heavy atom. The van der Waals surface area contributed by atoms with Crippen molar-refractivity contribution in [2.45, 2.75) is 65.3 Å². The highest BCUT2D eigenvalue weighted by molar-refractivity contribution is 5.88. The Labute approximate surface area is 167 Å². The van der Waals surface area contributed by atoms with Crippen LogP contribution in [0.15, 0.2) is 24.5 Å². The van der Waals surface area contributed by atoms with Crippen LogP contribution in [0.5, 0.6) is 0 Å². The third-order valence-electron chi connectivity index (χ3n) is 4.66. The lowest BCUT2D eigenvalue weighted by Gasteiger charge is -2.29. The van der Waals surface area contributed by atoms with Gasteiger partial charge in [0.15, 0.2) is 6.29 Å². The minimum absolute atomic E-state index is 0.0348. The standard InChI is InChI=1S/C21H33N3O4/c1-14(2)12-17(21-27-10-11-28-21)23-20(26)19(15(3)4)24-18(25)8-7-16-6-5-9-22-13-16/h5-6,9,13-15,17,19,21H,7-8,10-12H2,1-4H3,(H,23,26)(H,24,25)/t17-,19-/m0/s1. The lowest BCUT2D eigenvalue weighted by Crippen LogP contribution is -2.54. The summed E-state index contributed by atoms with van der Waals surface area (Å²) >= 11 is 0. The molecular weight excluding hydrogens is 358 g/mol. The van der Waals surface area contributed by atoms with E-state index in [0.29, 0.717) is 32.0 Å². The monoisotopic (exact) mass is 391 g/mol. The van der Waals surface area contributed by atoms with Crippen LogP contribution in [0.3, 0.4) is 0 Å². The van der Waals surface area contributed by atoms with Crippen molar-refractivity contribution in [3.05, 3.63) is 30.1 Å². The predicted molar refractivity (Wildman–Crippen MR) is 106 cm³/mol. The van der Waals surface area contributed by atoms with Crippen molar-refractivity contribution in [1.82, 2.24) is 15.6 Å². The van der Waals surface area contributed by atoms with Gasteiger partial charge in [-0.15, -0.1) is 0 Å². The van der Waals surface area contributed by atoms with E-state index in [1.54, 1.807) is 12.4 Å². The quantitative estimate of drug-likeness (QED) is 0.637. The van der Waals surface area contributed by atoms with E-state index < -0.39 is 12.3 Å². The minimum Gasteiger partial charge on any atom is -0.348 e. The molecule has 0 saturated carbocycles. The third-order valence-corrected chi connectivity index (χ3v) is 4.66. The fraction of sp³-hybridized carbons (Fsp3) is 0.667. The molecule has 2 heterocycles. The van der Waals surface area contributed by atoms with Crippen LogP contribution in [0.4, 0.5) is 0 Å². The molecule has 0 spiro atoms. The van der Waals surface area contributed by atoms with Gasteiger partial charge in [0.25, 0.3) is 0 Å². The maximum Gasteiger partial charge on any atom is 0.243 e. The number of amides is 2. The number of nitrogens with one attached hydrogen (secondary N) is 2. The fourth-order valence-electron chi connectivity index (χ4n) is 3.21. The van der Waals surface area contributed by atoms with Crippen LogP contribution in [0.1, 0.15) is 46.1 Å². The Kier molecular flexibility index (Phi) is 8.86. The van der Waals surface area contributed by atoms with Gasteiger partial charge in [-0.1, -0.05) is 33.8 Å². The molecule has 28 heavy (non-hydrogen) atoms. The van der Waals surface area contributed by atoms with E-state index in [0.717, 1.165) is 12.0 Å². The molecule has 1 aromatic rings. The van der Waals surface area contributed by atoms with Gasteiger partial charge in [-0.25, -0.2) is 0 Å². The van der Waals surface area contributed by atoms with Crippen LogP contribution < -0.4 is 10.6 Å². The maximum atomic E-state index is 12.9. The van der Waals surface area contributed by atoms with Gasteiger partial charge in [0.1, 0.15) is 6.04 Å². The van der Waals surface area contributed by atoms with Crippen LogP contribution in [-0.4, -0.2) is 48.4 Å². The second kappa shape index (κ2) is 11.1. The SMILES string of the molecule is CC(C)C[C@H](NC(=O)[C@@H](NC(=O)CCc1cccnc1)C(C)C)C1OCCO1. The number of carbonyl (C=O) groups is 2. The van der Waals surface area contributed by atoms with E-state index in [2.05, 4.69) is 29.5 Å². The van der Waals surface area contributed by atoms with Gasteiger partial charge >= 0.3 is 0 Å². The predicted octanol–water partition coefficient (Wildman–Crippen LogP) is 2.06. The largest absolute Gasteiger partial charge is 0.348 e. The number of hydrogen-bond acceptors (Lipinski definition) is 5. The van der Waals surface area contributed by atoms with Crippen LogP contribution in [0.25, 0.3) is 0 Å². The summed E-state index contributed by atoms with van der Waals surface area (Å²) in [6.45, 7) is 9.10. The zero-order valence-corrected chi connectivity index (χ0v) is 17.3. The van der Waals surface area contributed by atoms with Crippen molar-refractivity contribution in [1.29, 1.82) is 0 Å². The Morgan fingerprint density at radius 2 is 1.89 bits per heavy atom. The van der Waals surface area contributed by atoms with Crippen LogP contribution in [-0.2, 0) is 25.5 Å². The summed E-state index contributed by atoms with van der Waals surface area (Å²) in [4.78, 5) is 29.3. The molecule has 2 rings (SSSR count). The number of carbonyl (C=O) groups excluding carboxylic acids is 2. The zero-order chi connectivity index (χ0) is 20.5. The van der Waals surface area contributed by atoms with Gasteiger partial charge in [-0.2, -0.15) is 0 Å². The van der Waals surface area contributed by atoms with E-state index in [-0.39, 0.29) is 23.8 Å². The van der Waals surface area contributed by atoms with Crippen molar-refractivity contribution >= 4 is 11.8 Å². The molecule has 0 aromatic carbocycles. The highest BCUT2D eigenvalue weighted by atomic mass is 16.7. The molecule has 7 heteroatoms. The molecule has 156 valence electrons. The molecule has 2 N–H and O–H groups in total. The van der Waals surface area contributed by atoms with Gasteiger partial charge in [0.05, 0.1) is 19.3 Å². The molecular formula is C21H33N3O4. The first-order valence-corrected chi connectivity index (χ1v) is 10.1. The third kappa shape index (κ3) is 7.20. The first-order chi connectivity index (χ1) is 13.4. The maximum absolute atomic E-state index is 12.9. The first kappa shape index (κ1) is 22.3. The summed E-state index contributed by atoms with van der Waals surface area (Å²) in [7, 11) is 0. The normalized spacial score (nSPS) is 16.9. The van der Waals surface area contributed by atoms with Crippen LogP contribution in [0, 0.1) is 11.8 Å². The number of hydrogen-bond donors (Lipinski definition) is 2. The molecule has 7 nitrogen and oxygen atoms in total. The van der Waals surface area contributed by atoms with Gasteiger partial charge < -0.3 is 20.1 Å². The lowest BCUT2D eigenvalue weighted by molar-refractivity contribution is -0.133. The van der Waals surface area contributed by atoms with E-state index >= 15 is 0 Å². The Bertz CT molecular complexity index is 615. The second-order valence-corrected chi connectivity index (χ2v) is 8.01. The van der Waals surface area contributed by atoms with Crippen molar-refractivity contribution in [3.8, 4) is 0 Å². The average molecular weight is 392 g/mol. The van der Waals surface area contributed by atoms with Crippen molar-refractivity contribution in [3.63, 3.8) is 0 Å². The van der Waals surface area contributed by atoms with Crippen LogP contribution >= 0.6 is 0 Å². The number of ether oxygens (including phenoxy) is 2. The lowest BCUT2D eigenvalue weighted by atomic mass is 9.99. The van der Waals surface area contributed by atoms with Crippen molar-refractivity contribution in [2.75, 3.05) is 13.2 Å². The summed E-state index contributed by atoms with van der Waals surface area (Å²) in [5.41, 5.74) is 0.996. The number of nitrogens with zero attached hydrogens (tertiary/aromatic N) is 1. The highest BCUT2D eigenvalue weighted by Gasteiger charge is 2.32. The number of aryl methyl sites for hydroxylation is 1. The molecule has 1 saturated heterocycles. The average Bonchev–Trinajstić information content (AvgIpc) is 3.18. The Morgan fingerprint density at radius 1 is 1.18 bits per heavy atom. The van der Waals surface area contributed by atoms with E-state index in [1.807, 2.05) is 26.0 Å². The summed E-state index contributed by atoms with van der Waals surface area (Å²) in [6, 6.07) is 2.95. The van der Waals surface area contributed by atoms with Gasteiger partial charge in [-0.05, 0) is 36.3 Å². The van der Waals surface area contributed by atoms with Gasteiger partial charge in [0, 0.05) is 18.8 Å². The summed E-state index contributed by atoms with van der Waals surface area (Å²) in [6.07, 6.45) is 4.67. The minimum atomic E-state index is -0.600. The number of aromatic nitrogens is 1. The molecule has 1 aliphatic heterocycles. The van der Waals surface area contributed by atoms with Crippen molar-refractivity contribution < 1.29 is 19.1 Å². The van der Waals surface area contributed by atoms with E-state index in [9.17, 15) is 9.59 Å². The molecule has 2 atom stereocenters. The van der Waals surface area contributed by atoms with Gasteiger partial charge in [-0.3, -0.25) is 14.6 Å². The topological polar surface area (TPSA) is 89.6 Å². The first-order valence-electron chi connectivity index (χ1n) is 10.1. The summed E-state index contributed by atoms with van der Waals surface area (Å²) < 4.78 is 11.2. The smallest absolute Gasteiger partial charge is 0.243 e. The molecule has 0 bridgehead atoms. The Balaban J connectivity index is 1.92. The van der Waals surface area contributed by atoms with Crippen molar-refractivity contribution in [2.24, 2.45) is 11.8 Å². The molecule has 0 unspecified atom stereocenters. The van der Waals surface area contributed by atoms with Gasteiger partial charge in [0.2, 0.25) is 11.8 Å². The number of pyridine rings is 1. The summed E-state index contributed by atoms with van der Waals surface area (Å²) in [5.74, 6) is -0.00177. The second-order valence-electron chi connectivity index (χ2n) is 8.01. The van der Waals surface area contributed by atoms with E-state index in [1.165, 1.54) is 0 Å². The van der Waals surface area contributed by atoms with E-state index in [4.69, 9.17) is 9.47 Å². The molecule has 0 radical (unpaired) electrons. The molecule has 1 aliphatic rings. The molecule has 1 aromatic heterocycles. The molecule has 1 fully saturated rings.